The summed E-state index contributed by atoms with van der Waals surface area (Å²) in [5.74, 6) is -1.03. The van der Waals surface area contributed by atoms with Gasteiger partial charge in [0.05, 0.1) is 19.2 Å². The van der Waals surface area contributed by atoms with Gasteiger partial charge in [-0.3, -0.25) is 9.78 Å². The van der Waals surface area contributed by atoms with Gasteiger partial charge < -0.3 is 15.0 Å². The molecule has 1 aliphatic heterocycles. The van der Waals surface area contributed by atoms with Gasteiger partial charge in [-0.1, -0.05) is 6.07 Å². The summed E-state index contributed by atoms with van der Waals surface area (Å²) in [6, 6.07) is 6.36. The fourth-order valence-corrected chi connectivity index (χ4v) is 3.66. The van der Waals surface area contributed by atoms with Crippen LogP contribution in [0.1, 0.15) is 26.8 Å². The minimum absolute atomic E-state index is 0. The number of anilines is 1. The fourth-order valence-electron chi connectivity index (χ4n) is 3.66. The Labute approximate surface area is 165 Å². The molecule has 0 radical (unpaired) electrons. The van der Waals surface area contributed by atoms with Crippen LogP contribution in [0, 0.1) is 18.7 Å². The van der Waals surface area contributed by atoms with Crippen LogP contribution >= 0.6 is 0 Å². The molecule has 28 heavy (non-hydrogen) atoms. The van der Waals surface area contributed by atoms with E-state index in [9.17, 15) is 14.0 Å². The van der Waals surface area contributed by atoms with Crippen molar-refractivity contribution in [3.05, 3.63) is 48.0 Å². The molecule has 1 aromatic heterocycles. The van der Waals surface area contributed by atoms with E-state index in [4.69, 9.17) is 4.74 Å². The molecule has 2 heterocycles. The summed E-state index contributed by atoms with van der Waals surface area (Å²) in [4.78, 5) is 30.3. The van der Waals surface area contributed by atoms with Crippen LogP contribution in [0.3, 0.4) is 0 Å². The number of hydrogen-bond acceptors (Lipinski definition) is 4. The number of piperidine rings is 1. The van der Waals surface area contributed by atoms with Crippen molar-refractivity contribution in [2.75, 3.05) is 19.0 Å². The highest BCUT2D eigenvalue weighted by atomic mass is 19.1. The first kappa shape index (κ1) is 19.8. The van der Waals surface area contributed by atoms with E-state index in [1.54, 1.807) is 23.2 Å². The third kappa shape index (κ3) is 4.13. The summed E-state index contributed by atoms with van der Waals surface area (Å²) in [7, 11) is 1.36. The molecule has 0 aliphatic carbocycles. The molecule has 2 atom stereocenters. The molecule has 0 saturated carbocycles. The average Bonchev–Trinajstić information content (AvgIpc) is 2.69. The molecule has 2 amide bonds. The van der Waals surface area contributed by atoms with Crippen molar-refractivity contribution in [1.29, 1.82) is 0 Å². The molecule has 0 bridgehead atoms. The van der Waals surface area contributed by atoms with Gasteiger partial charge in [-0.15, -0.1) is 0 Å². The van der Waals surface area contributed by atoms with Gasteiger partial charge in [0.25, 0.3) is 0 Å². The van der Waals surface area contributed by atoms with Gasteiger partial charge in [-0.2, -0.15) is 0 Å². The van der Waals surface area contributed by atoms with Gasteiger partial charge in [0, 0.05) is 31.5 Å². The Bertz CT molecular complexity index is 893. The Morgan fingerprint density at radius 1 is 1.32 bits per heavy atom. The molecule has 0 unspecified atom stereocenters. The molecule has 150 valence electrons. The number of benzene rings is 1. The normalized spacial score (nSPS) is 19.2. The second kappa shape index (κ2) is 8.37. The predicted octanol–water partition coefficient (Wildman–Crippen LogP) is 4.25. The minimum Gasteiger partial charge on any atom is -0.469 e. The molecule has 1 aliphatic rings. The number of methoxy groups -OCH3 is 1. The summed E-state index contributed by atoms with van der Waals surface area (Å²) in [6.45, 7) is 4.35. The lowest BCUT2D eigenvalue weighted by Crippen LogP contribution is -2.50. The predicted molar refractivity (Wildman–Crippen MR) is 106 cm³/mol. The maximum absolute atomic E-state index is 13.5. The summed E-state index contributed by atoms with van der Waals surface area (Å²) < 4.78 is 18.4. The Kier molecular flexibility index (Phi) is 5.92. The molecule has 1 aromatic carbocycles. The van der Waals surface area contributed by atoms with Gasteiger partial charge in [-0.25, -0.2) is 9.18 Å². The van der Waals surface area contributed by atoms with Crippen LogP contribution in [0.2, 0.25) is 0 Å². The van der Waals surface area contributed by atoms with Crippen molar-refractivity contribution < 1.29 is 20.1 Å². The highest BCUT2D eigenvalue weighted by Gasteiger charge is 2.36. The molecular weight excluding hydrogens is 361 g/mol. The number of esters is 1. The molecule has 0 spiro atoms. The first-order valence-corrected chi connectivity index (χ1v) is 9.27. The van der Waals surface area contributed by atoms with Crippen molar-refractivity contribution in [2.24, 2.45) is 5.92 Å². The number of amides is 2. The van der Waals surface area contributed by atoms with E-state index in [0.29, 0.717) is 24.2 Å². The summed E-state index contributed by atoms with van der Waals surface area (Å²) in [5, 5.41) is 2.89. The third-order valence-corrected chi connectivity index (χ3v) is 5.26. The lowest BCUT2D eigenvalue weighted by Gasteiger charge is -2.37. The number of halogens is 1. The van der Waals surface area contributed by atoms with Crippen LogP contribution in [0.4, 0.5) is 14.9 Å². The lowest BCUT2D eigenvalue weighted by atomic mass is 9.90. The zero-order chi connectivity index (χ0) is 20.3. The van der Waals surface area contributed by atoms with Gasteiger partial charge in [0.15, 0.2) is 0 Å². The zero-order valence-electron chi connectivity index (χ0n) is 16.2. The first-order valence-electron chi connectivity index (χ1n) is 9.27. The molecule has 1 N–H and O–H groups in total. The van der Waals surface area contributed by atoms with E-state index in [0.717, 1.165) is 23.7 Å². The van der Waals surface area contributed by atoms with E-state index >= 15 is 0 Å². The average molecular weight is 387 g/mol. The van der Waals surface area contributed by atoms with Gasteiger partial charge >= 0.3 is 12.0 Å². The number of likely N-dealkylation sites (tertiary alicyclic amines) is 1. The topological polar surface area (TPSA) is 71.5 Å². The molecule has 7 heteroatoms. The third-order valence-electron chi connectivity index (χ3n) is 5.26. The Hall–Kier alpha value is -2.96. The molecular formula is C21H26FN3O3. The van der Waals surface area contributed by atoms with Crippen molar-refractivity contribution in [2.45, 2.75) is 32.7 Å². The Morgan fingerprint density at radius 2 is 2.11 bits per heavy atom. The number of nitrogens with one attached hydrogen (secondary N) is 1. The number of pyridine rings is 1. The van der Waals surface area contributed by atoms with E-state index in [1.165, 1.54) is 13.2 Å². The van der Waals surface area contributed by atoms with Crippen LogP contribution in [-0.2, 0) is 9.53 Å². The maximum atomic E-state index is 13.5. The van der Waals surface area contributed by atoms with E-state index < -0.39 is 5.82 Å². The second-order valence-corrected chi connectivity index (χ2v) is 7.06. The minimum atomic E-state index is -0.415. The number of hydrogen-bond donors (Lipinski definition) is 1. The van der Waals surface area contributed by atoms with Crippen molar-refractivity contribution in [1.82, 2.24) is 9.88 Å². The molecule has 6 nitrogen and oxygen atoms in total. The van der Waals surface area contributed by atoms with Crippen LogP contribution in [0.5, 0.6) is 0 Å². The number of nitrogens with zero attached hydrogens (tertiary/aromatic N) is 2. The van der Waals surface area contributed by atoms with Crippen LogP contribution < -0.4 is 5.32 Å². The molecule has 1 saturated heterocycles. The van der Waals surface area contributed by atoms with Gasteiger partial charge in [0.2, 0.25) is 0 Å². The van der Waals surface area contributed by atoms with E-state index in [2.05, 4.69) is 10.3 Å². The summed E-state index contributed by atoms with van der Waals surface area (Å²) >= 11 is 0. The number of aromatic nitrogens is 1. The SMILES string of the molecule is COC(=O)[C@H]1CCCN(C(=O)Nc2ccc(C)c(-c3cncc(F)c3)c2)[C@@H]1C.[HH]. The van der Waals surface area contributed by atoms with Gasteiger partial charge in [0.1, 0.15) is 5.82 Å². The maximum Gasteiger partial charge on any atom is 0.322 e. The van der Waals surface area contributed by atoms with Crippen molar-refractivity contribution >= 4 is 17.7 Å². The number of urea groups is 1. The number of carbonyl (C=O) groups excluding carboxylic acids is 2. The number of carbonyl (C=O) groups is 2. The molecule has 2 aromatic rings. The first-order chi connectivity index (χ1) is 13.4. The van der Waals surface area contributed by atoms with Crippen molar-refractivity contribution in [3.63, 3.8) is 0 Å². The van der Waals surface area contributed by atoms with Crippen LogP contribution in [0.15, 0.2) is 36.7 Å². The number of ether oxygens (including phenoxy) is 1. The molecule has 1 fully saturated rings. The Balaban J connectivity index is 0.00000300. The highest BCUT2D eigenvalue weighted by molar-refractivity contribution is 5.91. The quantitative estimate of drug-likeness (QED) is 0.800. The summed E-state index contributed by atoms with van der Waals surface area (Å²) in [5.41, 5.74) is 2.99. The zero-order valence-corrected chi connectivity index (χ0v) is 16.2. The van der Waals surface area contributed by atoms with Gasteiger partial charge in [-0.05, 0) is 56.0 Å². The number of aryl methyl sites for hydroxylation is 1. The van der Waals surface area contributed by atoms with Crippen molar-refractivity contribution in [3.8, 4) is 11.1 Å². The largest absolute Gasteiger partial charge is 0.469 e. The second-order valence-electron chi connectivity index (χ2n) is 7.06. The Morgan fingerprint density at radius 3 is 2.82 bits per heavy atom. The van der Waals surface area contributed by atoms with Crippen LogP contribution in [0.25, 0.3) is 11.1 Å². The van der Waals surface area contributed by atoms with E-state index in [1.807, 2.05) is 19.9 Å². The standard InChI is InChI=1S/C21H24FN3O3.H2/c1-13-6-7-17(10-19(13)15-9-16(22)12-23-11-15)24-21(27)25-8-4-5-18(14(25)2)20(26)28-3;/h6-7,9-12,14,18H,4-5,8H2,1-3H3,(H,24,27);1H/t14-,18+;/m1./s1. The monoisotopic (exact) mass is 387 g/mol. The highest BCUT2D eigenvalue weighted by Crippen LogP contribution is 2.28. The fraction of sp³-hybridized carbons (Fsp3) is 0.381. The van der Waals surface area contributed by atoms with Crippen LogP contribution in [-0.4, -0.2) is 41.6 Å². The summed E-state index contributed by atoms with van der Waals surface area (Å²) in [6.07, 6.45) is 4.19. The van der Waals surface area contributed by atoms with E-state index in [-0.39, 0.29) is 25.4 Å². The molecule has 3 rings (SSSR count). The lowest BCUT2D eigenvalue weighted by molar-refractivity contribution is -0.148. The smallest absolute Gasteiger partial charge is 0.322 e. The number of rotatable bonds is 3.